The molecule has 0 aromatic carbocycles. The monoisotopic (exact) mass is 238 g/mol. The van der Waals surface area contributed by atoms with Gasteiger partial charge in [0.25, 0.3) is 0 Å². The molecule has 0 radical (unpaired) electrons. The van der Waals surface area contributed by atoms with Gasteiger partial charge in [-0.2, -0.15) is 0 Å². The molecule has 0 saturated heterocycles. The SMILES string of the molecule is CC(O)CC(O)CCC/C=C/C=C/C=C/C=O. The van der Waals surface area contributed by atoms with E-state index in [0.29, 0.717) is 12.8 Å². The van der Waals surface area contributed by atoms with Crippen molar-refractivity contribution in [2.24, 2.45) is 0 Å². The highest BCUT2D eigenvalue weighted by molar-refractivity contribution is 5.65. The molecule has 0 aromatic rings. The van der Waals surface area contributed by atoms with Crippen molar-refractivity contribution in [3.05, 3.63) is 36.5 Å². The third-order valence-electron chi connectivity index (χ3n) is 2.18. The number of aliphatic hydroxyl groups excluding tert-OH is 2. The van der Waals surface area contributed by atoms with E-state index in [2.05, 4.69) is 0 Å². The number of carbonyl (C=O) groups is 1. The van der Waals surface area contributed by atoms with Crippen LogP contribution in [0.1, 0.15) is 32.6 Å². The fraction of sp³-hybridized carbons (Fsp3) is 0.500. The summed E-state index contributed by atoms with van der Waals surface area (Å²) in [5, 5.41) is 18.5. The van der Waals surface area contributed by atoms with E-state index in [4.69, 9.17) is 5.11 Å². The molecule has 0 bridgehead atoms. The Morgan fingerprint density at radius 3 is 2.35 bits per heavy atom. The lowest BCUT2D eigenvalue weighted by atomic mass is 10.1. The molecule has 0 aliphatic carbocycles. The van der Waals surface area contributed by atoms with E-state index in [1.807, 2.05) is 18.2 Å². The molecule has 0 saturated carbocycles. The quantitative estimate of drug-likeness (QED) is 0.280. The topological polar surface area (TPSA) is 57.5 Å². The highest BCUT2D eigenvalue weighted by Gasteiger charge is 2.06. The van der Waals surface area contributed by atoms with Gasteiger partial charge in [-0.25, -0.2) is 0 Å². The van der Waals surface area contributed by atoms with E-state index in [0.717, 1.165) is 19.1 Å². The minimum atomic E-state index is -0.437. The van der Waals surface area contributed by atoms with Gasteiger partial charge in [0.2, 0.25) is 0 Å². The Morgan fingerprint density at radius 2 is 1.71 bits per heavy atom. The van der Waals surface area contributed by atoms with Crippen LogP contribution < -0.4 is 0 Å². The first kappa shape index (κ1) is 15.8. The molecule has 0 heterocycles. The average molecular weight is 238 g/mol. The number of unbranched alkanes of at least 4 members (excludes halogenated alkanes) is 1. The summed E-state index contributed by atoms with van der Waals surface area (Å²) < 4.78 is 0. The van der Waals surface area contributed by atoms with Crippen molar-refractivity contribution in [3.8, 4) is 0 Å². The largest absolute Gasteiger partial charge is 0.393 e. The average Bonchev–Trinajstić information content (AvgIpc) is 2.26. The Balaban J connectivity index is 3.50. The smallest absolute Gasteiger partial charge is 0.142 e. The van der Waals surface area contributed by atoms with Crippen molar-refractivity contribution in [3.63, 3.8) is 0 Å². The van der Waals surface area contributed by atoms with Gasteiger partial charge in [0.05, 0.1) is 12.2 Å². The zero-order valence-corrected chi connectivity index (χ0v) is 10.3. The molecule has 0 aliphatic rings. The lowest BCUT2D eigenvalue weighted by Gasteiger charge is -2.10. The summed E-state index contributed by atoms with van der Waals surface area (Å²) in [6.45, 7) is 1.68. The molecular weight excluding hydrogens is 216 g/mol. The third kappa shape index (κ3) is 12.7. The molecular formula is C14H22O3. The second-order valence-corrected chi connectivity index (χ2v) is 4.00. The first-order valence-corrected chi connectivity index (χ1v) is 5.96. The molecule has 3 nitrogen and oxygen atoms in total. The van der Waals surface area contributed by atoms with E-state index < -0.39 is 12.2 Å². The van der Waals surface area contributed by atoms with Gasteiger partial charge in [0.1, 0.15) is 6.29 Å². The summed E-state index contributed by atoms with van der Waals surface area (Å²) >= 11 is 0. The molecule has 96 valence electrons. The van der Waals surface area contributed by atoms with Crippen LogP contribution in [0.3, 0.4) is 0 Å². The van der Waals surface area contributed by atoms with Crippen LogP contribution >= 0.6 is 0 Å². The molecule has 0 amide bonds. The van der Waals surface area contributed by atoms with Gasteiger partial charge in [0, 0.05) is 0 Å². The van der Waals surface area contributed by atoms with Crippen LogP contribution in [0, 0.1) is 0 Å². The van der Waals surface area contributed by atoms with Crippen molar-refractivity contribution >= 4 is 6.29 Å². The Hall–Kier alpha value is -1.19. The number of aliphatic hydroxyl groups is 2. The number of rotatable bonds is 9. The van der Waals surface area contributed by atoms with Gasteiger partial charge in [0.15, 0.2) is 0 Å². The zero-order chi connectivity index (χ0) is 12.9. The molecule has 0 rings (SSSR count). The van der Waals surface area contributed by atoms with Crippen LogP contribution in [0.25, 0.3) is 0 Å². The lowest BCUT2D eigenvalue weighted by molar-refractivity contribution is -0.104. The Morgan fingerprint density at radius 1 is 1.06 bits per heavy atom. The van der Waals surface area contributed by atoms with Gasteiger partial charge in [-0.15, -0.1) is 0 Å². The first-order valence-electron chi connectivity index (χ1n) is 5.96. The maximum Gasteiger partial charge on any atom is 0.142 e. The van der Waals surface area contributed by atoms with Crippen LogP contribution in [0.15, 0.2) is 36.5 Å². The maximum absolute atomic E-state index is 9.94. The van der Waals surface area contributed by atoms with Crippen molar-refractivity contribution in [1.82, 2.24) is 0 Å². The summed E-state index contributed by atoms with van der Waals surface area (Å²) in [4.78, 5) is 9.94. The van der Waals surface area contributed by atoms with Crippen LogP contribution in [-0.2, 0) is 4.79 Å². The van der Waals surface area contributed by atoms with Gasteiger partial charge >= 0.3 is 0 Å². The second-order valence-electron chi connectivity index (χ2n) is 4.00. The summed E-state index contributed by atoms with van der Waals surface area (Å²) in [6.07, 6.45) is 13.5. The molecule has 0 spiro atoms. The molecule has 17 heavy (non-hydrogen) atoms. The second kappa shape index (κ2) is 11.3. The van der Waals surface area contributed by atoms with Crippen LogP contribution in [-0.4, -0.2) is 28.7 Å². The Labute approximate surface area is 103 Å². The summed E-state index contributed by atoms with van der Waals surface area (Å²) in [6, 6.07) is 0. The number of aldehydes is 1. The predicted molar refractivity (Wildman–Crippen MR) is 69.6 cm³/mol. The van der Waals surface area contributed by atoms with E-state index in [9.17, 15) is 9.90 Å². The summed E-state index contributed by atoms with van der Waals surface area (Å²) in [5.41, 5.74) is 0. The van der Waals surface area contributed by atoms with E-state index in [-0.39, 0.29) is 0 Å². The van der Waals surface area contributed by atoms with E-state index >= 15 is 0 Å². The van der Waals surface area contributed by atoms with Crippen molar-refractivity contribution in [1.29, 1.82) is 0 Å². The minimum Gasteiger partial charge on any atom is -0.393 e. The maximum atomic E-state index is 9.94. The number of carbonyl (C=O) groups excluding carboxylic acids is 1. The molecule has 3 heteroatoms. The van der Waals surface area contributed by atoms with E-state index in [1.165, 1.54) is 6.08 Å². The summed E-state index contributed by atoms with van der Waals surface area (Å²) in [7, 11) is 0. The molecule has 0 fully saturated rings. The van der Waals surface area contributed by atoms with Crippen molar-refractivity contribution in [2.45, 2.75) is 44.8 Å². The van der Waals surface area contributed by atoms with Gasteiger partial charge < -0.3 is 10.2 Å². The molecule has 2 atom stereocenters. The highest BCUT2D eigenvalue weighted by atomic mass is 16.3. The fourth-order valence-electron chi connectivity index (χ4n) is 1.40. The molecule has 0 aromatic heterocycles. The predicted octanol–water partition coefficient (Wildman–Crippen LogP) is 2.16. The van der Waals surface area contributed by atoms with Crippen LogP contribution in [0.2, 0.25) is 0 Å². The summed E-state index contributed by atoms with van der Waals surface area (Å²) in [5.74, 6) is 0. The molecule has 2 N–H and O–H groups in total. The number of hydrogen-bond donors (Lipinski definition) is 2. The van der Waals surface area contributed by atoms with E-state index in [1.54, 1.807) is 19.1 Å². The first-order chi connectivity index (χ1) is 8.16. The zero-order valence-electron chi connectivity index (χ0n) is 10.3. The van der Waals surface area contributed by atoms with Crippen molar-refractivity contribution in [2.75, 3.05) is 0 Å². The minimum absolute atomic E-state index is 0.408. The number of hydrogen-bond acceptors (Lipinski definition) is 3. The van der Waals surface area contributed by atoms with Gasteiger partial charge in [-0.1, -0.05) is 30.4 Å². The van der Waals surface area contributed by atoms with Crippen molar-refractivity contribution < 1.29 is 15.0 Å². The van der Waals surface area contributed by atoms with Gasteiger partial charge in [-0.3, -0.25) is 4.79 Å². The normalized spacial score (nSPS) is 15.9. The van der Waals surface area contributed by atoms with Gasteiger partial charge in [-0.05, 0) is 38.7 Å². The highest BCUT2D eigenvalue weighted by Crippen LogP contribution is 2.07. The standard InChI is InChI=1S/C14H22O3/c1-13(16)12-14(17)10-8-6-4-2-3-5-7-9-11-15/h2-5,7,9,11,13-14,16-17H,6,8,10,12H2,1H3/b4-2+,5-3+,9-7+. The Kier molecular flexibility index (Phi) is 10.5. The fourth-order valence-corrected chi connectivity index (χ4v) is 1.40. The lowest BCUT2D eigenvalue weighted by Crippen LogP contribution is -2.14. The third-order valence-corrected chi connectivity index (χ3v) is 2.18. The number of allylic oxidation sites excluding steroid dienone is 6. The molecule has 0 aliphatic heterocycles. The Bertz CT molecular complexity index is 265. The molecule has 2 unspecified atom stereocenters. The van der Waals surface area contributed by atoms with Crippen LogP contribution in [0.4, 0.5) is 0 Å². The van der Waals surface area contributed by atoms with Crippen LogP contribution in [0.5, 0.6) is 0 Å².